The van der Waals surface area contributed by atoms with Crippen molar-refractivity contribution in [2.24, 2.45) is 0 Å². The standard InChI is InChI=1S/C22H26ClN3O2/c1-17-6-8-20(9-7-17)26(18(2)27)11-10-22(28)25-14-12-24(13-15-25)21-5-3-4-19(23)16-21/h3-9,16H,10-15H2,1-2H3. The van der Waals surface area contributed by atoms with Crippen molar-refractivity contribution in [3.05, 3.63) is 59.1 Å². The minimum Gasteiger partial charge on any atom is -0.368 e. The lowest BCUT2D eigenvalue weighted by atomic mass is 10.2. The van der Waals surface area contributed by atoms with Gasteiger partial charge in [0.1, 0.15) is 0 Å². The number of carbonyl (C=O) groups excluding carboxylic acids is 2. The Morgan fingerprint density at radius 1 is 1.04 bits per heavy atom. The highest BCUT2D eigenvalue weighted by Gasteiger charge is 2.22. The molecule has 3 rings (SSSR count). The fourth-order valence-corrected chi connectivity index (χ4v) is 3.63. The molecule has 6 heteroatoms. The van der Waals surface area contributed by atoms with E-state index >= 15 is 0 Å². The van der Waals surface area contributed by atoms with Crippen LogP contribution in [0.1, 0.15) is 18.9 Å². The number of carbonyl (C=O) groups is 2. The molecule has 28 heavy (non-hydrogen) atoms. The summed E-state index contributed by atoms with van der Waals surface area (Å²) < 4.78 is 0. The zero-order valence-corrected chi connectivity index (χ0v) is 17.2. The van der Waals surface area contributed by atoms with Gasteiger partial charge in [-0.2, -0.15) is 0 Å². The number of nitrogens with zero attached hydrogens (tertiary/aromatic N) is 3. The number of anilines is 2. The van der Waals surface area contributed by atoms with E-state index in [9.17, 15) is 9.59 Å². The smallest absolute Gasteiger partial charge is 0.224 e. The van der Waals surface area contributed by atoms with Crippen molar-refractivity contribution in [2.45, 2.75) is 20.3 Å². The summed E-state index contributed by atoms with van der Waals surface area (Å²) in [5, 5.41) is 0.719. The Bertz CT molecular complexity index is 830. The quantitative estimate of drug-likeness (QED) is 0.769. The summed E-state index contributed by atoms with van der Waals surface area (Å²) in [6, 6.07) is 15.6. The number of rotatable bonds is 5. The van der Waals surface area contributed by atoms with Crippen molar-refractivity contribution in [3.8, 4) is 0 Å². The van der Waals surface area contributed by atoms with Crippen molar-refractivity contribution in [2.75, 3.05) is 42.5 Å². The molecule has 0 radical (unpaired) electrons. The van der Waals surface area contributed by atoms with Gasteiger partial charge in [0.25, 0.3) is 0 Å². The van der Waals surface area contributed by atoms with E-state index in [0.717, 1.165) is 35.1 Å². The van der Waals surface area contributed by atoms with E-state index in [1.165, 1.54) is 6.92 Å². The van der Waals surface area contributed by atoms with E-state index in [-0.39, 0.29) is 11.8 Å². The zero-order valence-electron chi connectivity index (χ0n) is 16.4. The van der Waals surface area contributed by atoms with Crippen molar-refractivity contribution < 1.29 is 9.59 Å². The molecule has 2 aromatic carbocycles. The first-order chi connectivity index (χ1) is 13.4. The predicted molar refractivity (Wildman–Crippen MR) is 114 cm³/mol. The molecule has 0 unspecified atom stereocenters. The number of hydrogen-bond donors (Lipinski definition) is 0. The molecular formula is C22H26ClN3O2. The van der Waals surface area contributed by atoms with Crippen molar-refractivity contribution >= 4 is 34.8 Å². The molecule has 1 aliphatic rings. The van der Waals surface area contributed by atoms with Crippen molar-refractivity contribution in [1.29, 1.82) is 0 Å². The van der Waals surface area contributed by atoms with Gasteiger partial charge < -0.3 is 14.7 Å². The lowest BCUT2D eigenvalue weighted by molar-refractivity contribution is -0.131. The van der Waals surface area contributed by atoms with Gasteiger partial charge in [-0.1, -0.05) is 35.4 Å². The Morgan fingerprint density at radius 2 is 1.71 bits per heavy atom. The van der Waals surface area contributed by atoms with Crippen LogP contribution in [0.25, 0.3) is 0 Å². The molecule has 148 valence electrons. The highest BCUT2D eigenvalue weighted by molar-refractivity contribution is 6.30. The molecule has 0 atom stereocenters. The Hall–Kier alpha value is -2.53. The third-order valence-corrected chi connectivity index (χ3v) is 5.32. The van der Waals surface area contributed by atoms with E-state index in [1.54, 1.807) is 4.90 Å². The Labute approximate surface area is 171 Å². The minimum atomic E-state index is -0.0533. The average Bonchev–Trinajstić information content (AvgIpc) is 2.69. The van der Waals surface area contributed by atoms with Gasteiger partial charge in [-0.15, -0.1) is 0 Å². The molecule has 1 fully saturated rings. The summed E-state index contributed by atoms with van der Waals surface area (Å²) in [4.78, 5) is 30.5. The first kappa shape index (κ1) is 20.2. The summed E-state index contributed by atoms with van der Waals surface area (Å²) in [5.74, 6) is 0.0338. The SMILES string of the molecule is CC(=O)N(CCC(=O)N1CCN(c2cccc(Cl)c2)CC1)c1ccc(C)cc1. The highest BCUT2D eigenvalue weighted by atomic mass is 35.5. The molecule has 0 saturated carbocycles. The maximum atomic E-state index is 12.7. The number of amides is 2. The van der Waals surface area contributed by atoms with Gasteiger partial charge in [0, 0.05) is 62.5 Å². The summed E-state index contributed by atoms with van der Waals surface area (Å²) >= 11 is 6.08. The average molecular weight is 400 g/mol. The van der Waals surface area contributed by atoms with E-state index in [4.69, 9.17) is 11.6 Å². The Balaban J connectivity index is 1.53. The third kappa shape index (κ3) is 5.04. The molecule has 0 aromatic heterocycles. The number of hydrogen-bond acceptors (Lipinski definition) is 3. The van der Waals surface area contributed by atoms with Crippen LogP contribution in [0.15, 0.2) is 48.5 Å². The normalized spacial score (nSPS) is 14.1. The summed E-state index contributed by atoms with van der Waals surface area (Å²) in [5.41, 5.74) is 3.05. The number of aryl methyl sites for hydroxylation is 1. The fraction of sp³-hybridized carbons (Fsp3) is 0.364. The molecule has 0 spiro atoms. The molecule has 0 N–H and O–H groups in total. The van der Waals surface area contributed by atoms with Gasteiger partial charge in [-0.3, -0.25) is 9.59 Å². The largest absolute Gasteiger partial charge is 0.368 e. The second-order valence-electron chi connectivity index (χ2n) is 7.10. The van der Waals surface area contributed by atoms with Crippen LogP contribution in [0.5, 0.6) is 0 Å². The number of benzene rings is 2. The topological polar surface area (TPSA) is 43.9 Å². The van der Waals surface area contributed by atoms with Crippen LogP contribution in [-0.4, -0.2) is 49.4 Å². The molecule has 5 nitrogen and oxygen atoms in total. The lowest BCUT2D eigenvalue weighted by Gasteiger charge is -2.36. The monoisotopic (exact) mass is 399 g/mol. The van der Waals surface area contributed by atoms with Crippen LogP contribution in [0.4, 0.5) is 11.4 Å². The molecule has 2 aromatic rings. The van der Waals surface area contributed by atoms with E-state index in [1.807, 2.05) is 60.4 Å². The molecular weight excluding hydrogens is 374 g/mol. The summed E-state index contributed by atoms with van der Waals surface area (Å²) in [6.07, 6.45) is 0.324. The fourth-order valence-electron chi connectivity index (χ4n) is 3.45. The van der Waals surface area contributed by atoms with Gasteiger partial charge >= 0.3 is 0 Å². The van der Waals surface area contributed by atoms with Crippen LogP contribution >= 0.6 is 11.6 Å². The summed E-state index contributed by atoms with van der Waals surface area (Å²) in [7, 11) is 0. The van der Waals surface area contributed by atoms with Gasteiger partial charge in [0.2, 0.25) is 11.8 Å². The number of halogens is 1. The summed E-state index contributed by atoms with van der Waals surface area (Å²) in [6.45, 7) is 6.85. The first-order valence-electron chi connectivity index (χ1n) is 9.57. The van der Waals surface area contributed by atoms with Crippen LogP contribution < -0.4 is 9.80 Å². The second kappa shape index (κ2) is 9.11. The van der Waals surface area contributed by atoms with E-state index < -0.39 is 0 Å². The van der Waals surface area contributed by atoms with Gasteiger partial charge in [0.15, 0.2) is 0 Å². The van der Waals surface area contributed by atoms with Crippen LogP contribution in [0.2, 0.25) is 5.02 Å². The van der Waals surface area contributed by atoms with E-state index in [2.05, 4.69) is 4.90 Å². The molecule has 1 aliphatic heterocycles. The molecule has 0 aliphatic carbocycles. The first-order valence-corrected chi connectivity index (χ1v) is 9.95. The molecule has 1 saturated heterocycles. The maximum absolute atomic E-state index is 12.7. The predicted octanol–water partition coefficient (Wildman–Crippen LogP) is 3.74. The van der Waals surface area contributed by atoms with E-state index in [0.29, 0.717) is 26.1 Å². The van der Waals surface area contributed by atoms with Crippen LogP contribution in [-0.2, 0) is 9.59 Å². The Kier molecular flexibility index (Phi) is 6.57. The minimum absolute atomic E-state index is 0.0533. The molecule has 2 amide bonds. The molecule has 1 heterocycles. The Morgan fingerprint density at radius 3 is 2.32 bits per heavy atom. The van der Waals surface area contributed by atoms with Gasteiger partial charge in [0.05, 0.1) is 0 Å². The van der Waals surface area contributed by atoms with Gasteiger partial charge in [-0.25, -0.2) is 0 Å². The second-order valence-corrected chi connectivity index (χ2v) is 7.54. The van der Waals surface area contributed by atoms with Crippen molar-refractivity contribution in [3.63, 3.8) is 0 Å². The van der Waals surface area contributed by atoms with Gasteiger partial charge in [-0.05, 0) is 37.3 Å². The maximum Gasteiger partial charge on any atom is 0.224 e. The lowest BCUT2D eigenvalue weighted by Crippen LogP contribution is -2.49. The van der Waals surface area contributed by atoms with Crippen LogP contribution in [0.3, 0.4) is 0 Å². The van der Waals surface area contributed by atoms with Crippen molar-refractivity contribution in [1.82, 2.24) is 4.90 Å². The molecule has 0 bridgehead atoms. The highest BCUT2D eigenvalue weighted by Crippen LogP contribution is 2.21. The van der Waals surface area contributed by atoms with Crippen LogP contribution in [0, 0.1) is 6.92 Å². The zero-order chi connectivity index (χ0) is 20.1. The third-order valence-electron chi connectivity index (χ3n) is 5.08. The number of piperazine rings is 1.